The number of hydrogen-bond acceptors (Lipinski definition) is 4. The van der Waals surface area contributed by atoms with Crippen molar-refractivity contribution in [2.75, 3.05) is 26.3 Å². The summed E-state index contributed by atoms with van der Waals surface area (Å²) >= 11 is 12.2. The number of carbonyl (C=O) groups is 1. The third-order valence-corrected chi connectivity index (χ3v) is 6.40. The van der Waals surface area contributed by atoms with Gasteiger partial charge in [-0.15, -0.1) is 0 Å². The van der Waals surface area contributed by atoms with E-state index in [4.69, 9.17) is 32.7 Å². The molecule has 1 N–H and O–H groups in total. The summed E-state index contributed by atoms with van der Waals surface area (Å²) in [6, 6.07) is 23.0. The van der Waals surface area contributed by atoms with Crippen LogP contribution in [0.25, 0.3) is 0 Å². The van der Waals surface area contributed by atoms with Crippen LogP contribution < -0.4 is 14.8 Å². The Hall–Kier alpha value is -2.73. The molecule has 1 heterocycles. The number of amides is 1. The largest absolute Gasteiger partial charge is 0.490 e. The second-order valence-corrected chi connectivity index (χ2v) is 9.10. The number of halogens is 2. The molecule has 4 rings (SSSR count). The number of rotatable bonds is 9. The number of para-hydroxylation sites is 1. The number of benzene rings is 3. The molecule has 1 aliphatic heterocycles. The van der Waals surface area contributed by atoms with Crippen molar-refractivity contribution in [2.24, 2.45) is 0 Å². The van der Waals surface area contributed by atoms with E-state index in [-0.39, 0.29) is 11.9 Å². The highest BCUT2D eigenvalue weighted by molar-refractivity contribution is 6.37. The average molecular weight is 499 g/mol. The van der Waals surface area contributed by atoms with Gasteiger partial charge in [-0.1, -0.05) is 59.6 Å². The van der Waals surface area contributed by atoms with Crippen molar-refractivity contribution in [3.8, 4) is 11.5 Å². The van der Waals surface area contributed by atoms with Gasteiger partial charge in [0.1, 0.15) is 19.0 Å². The average Bonchev–Trinajstić information content (AvgIpc) is 2.85. The lowest BCUT2D eigenvalue weighted by Crippen LogP contribution is -2.44. The first-order chi connectivity index (χ1) is 16.6. The Morgan fingerprint density at radius 1 is 0.853 bits per heavy atom. The van der Waals surface area contributed by atoms with E-state index in [0.717, 1.165) is 32.5 Å². The SMILES string of the molecule is O=C(NC1CCN(Cc2ccccc2)CC1)c1ccc(OCCOc2c(Cl)cccc2Cl)cc1. The van der Waals surface area contributed by atoms with Crippen LogP contribution in [0.15, 0.2) is 72.8 Å². The minimum atomic E-state index is -0.0512. The Kier molecular flexibility index (Phi) is 8.69. The van der Waals surface area contributed by atoms with Crippen LogP contribution in [-0.4, -0.2) is 43.2 Å². The lowest BCUT2D eigenvalue weighted by molar-refractivity contribution is 0.0909. The molecule has 3 aromatic carbocycles. The second kappa shape index (κ2) is 12.1. The molecule has 0 spiro atoms. The predicted molar refractivity (Wildman–Crippen MR) is 136 cm³/mol. The number of ether oxygens (including phenoxy) is 2. The third-order valence-electron chi connectivity index (χ3n) is 5.81. The van der Waals surface area contributed by atoms with Crippen LogP contribution in [0.4, 0.5) is 0 Å². The van der Waals surface area contributed by atoms with Crippen LogP contribution in [0.1, 0.15) is 28.8 Å². The fourth-order valence-corrected chi connectivity index (χ4v) is 4.48. The maximum Gasteiger partial charge on any atom is 0.251 e. The van der Waals surface area contributed by atoms with E-state index < -0.39 is 0 Å². The highest BCUT2D eigenvalue weighted by Crippen LogP contribution is 2.32. The molecule has 3 aromatic rings. The molecular formula is C27H28Cl2N2O3. The fourth-order valence-electron chi connectivity index (χ4n) is 3.97. The molecule has 0 unspecified atom stereocenters. The van der Waals surface area contributed by atoms with Gasteiger partial charge < -0.3 is 14.8 Å². The molecular weight excluding hydrogens is 471 g/mol. The van der Waals surface area contributed by atoms with Crippen molar-refractivity contribution in [3.05, 3.63) is 94.0 Å². The molecule has 1 aliphatic rings. The molecule has 0 saturated carbocycles. The van der Waals surface area contributed by atoms with E-state index in [1.807, 2.05) is 6.07 Å². The van der Waals surface area contributed by atoms with Gasteiger partial charge in [0.05, 0.1) is 10.0 Å². The first kappa shape index (κ1) is 24.4. The van der Waals surface area contributed by atoms with Gasteiger partial charge >= 0.3 is 0 Å². The lowest BCUT2D eigenvalue weighted by atomic mass is 10.0. The first-order valence-electron chi connectivity index (χ1n) is 11.5. The highest BCUT2D eigenvalue weighted by atomic mass is 35.5. The minimum absolute atomic E-state index is 0.0512. The monoisotopic (exact) mass is 498 g/mol. The minimum Gasteiger partial charge on any atom is -0.490 e. The fraction of sp³-hybridized carbons (Fsp3) is 0.296. The van der Waals surface area contributed by atoms with E-state index in [9.17, 15) is 4.79 Å². The van der Waals surface area contributed by atoms with E-state index in [1.54, 1.807) is 42.5 Å². The maximum atomic E-state index is 12.7. The summed E-state index contributed by atoms with van der Waals surface area (Å²) in [5, 5.41) is 4.09. The van der Waals surface area contributed by atoms with E-state index in [1.165, 1.54) is 5.56 Å². The van der Waals surface area contributed by atoms with Gasteiger partial charge in [0.25, 0.3) is 5.91 Å². The molecule has 7 heteroatoms. The Bertz CT molecular complexity index is 1050. The van der Waals surface area contributed by atoms with Crippen LogP contribution in [0.5, 0.6) is 11.5 Å². The summed E-state index contributed by atoms with van der Waals surface area (Å²) in [5.74, 6) is 1.07. The summed E-state index contributed by atoms with van der Waals surface area (Å²) in [4.78, 5) is 15.1. The molecule has 0 atom stereocenters. The van der Waals surface area contributed by atoms with Crippen LogP contribution in [0.3, 0.4) is 0 Å². The quantitative estimate of drug-likeness (QED) is 0.376. The molecule has 0 aromatic heterocycles. The Morgan fingerprint density at radius 3 is 2.18 bits per heavy atom. The zero-order chi connectivity index (χ0) is 23.8. The number of carbonyl (C=O) groups excluding carboxylic acids is 1. The molecule has 1 saturated heterocycles. The van der Waals surface area contributed by atoms with Crippen molar-refractivity contribution in [3.63, 3.8) is 0 Å². The molecule has 1 amide bonds. The topological polar surface area (TPSA) is 50.8 Å². The highest BCUT2D eigenvalue weighted by Gasteiger charge is 2.21. The van der Waals surface area contributed by atoms with Crippen molar-refractivity contribution in [1.29, 1.82) is 0 Å². The van der Waals surface area contributed by atoms with E-state index in [2.05, 4.69) is 34.5 Å². The van der Waals surface area contributed by atoms with Crippen LogP contribution in [0.2, 0.25) is 10.0 Å². The van der Waals surface area contributed by atoms with E-state index in [0.29, 0.717) is 40.3 Å². The molecule has 0 radical (unpaired) electrons. The van der Waals surface area contributed by atoms with Gasteiger partial charge in [-0.2, -0.15) is 0 Å². The van der Waals surface area contributed by atoms with Crippen molar-refractivity contribution < 1.29 is 14.3 Å². The van der Waals surface area contributed by atoms with Gasteiger partial charge in [0.15, 0.2) is 5.75 Å². The molecule has 0 aliphatic carbocycles. The van der Waals surface area contributed by atoms with E-state index >= 15 is 0 Å². The van der Waals surface area contributed by atoms with Crippen LogP contribution >= 0.6 is 23.2 Å². The van der Waals surface area contributed by atoms with Gasteiger partial charge in [-0.25, -0.2) is 0 Å². The summed E-state index contributed by atoms with van der Waals surface area (Å²) in [7, 11) is 0. The molecule has 5 nitrogen and oxygen atoms in total. The van der Waals surface area contributed by atoms with Crippen molar-refractivity contribution in [1.82, 2.24) is 10.2 Å². The smallest absolute Gasteiger partial charge is 0.251 e. The lowest BCUT2D eigenvalue weighted by Gasteiger charge is -2.32. The van der Waals surface area contributed by atoms with Crippen molar-refractivity contribution >= 4 is 29.1 Å². The predicted octanol–water partition coefficient (Wildman–Crippen LogP) is 5.85. The number of piperidine rings is 1. The molecule has 178 valence electrons. The van der Waals surface area contributed by atoms with Gasteiger partial charge in [-0.3, -0.25) is 9.69 Å². The van der Waals surface area contributed by atoms with Gasteiger partial charge in [0.2, 0.25) is 0 Å². The summed E-state index contributed by atoms with van der Waals surface area (Å²) in [6.07, 6.45) is 1.91. The normalized spacial score (nSPS) is 14.5. The molecule has 0 bridgehead atoms. The summed E-state index contributed by atoms with van der Waals surface area (Å²) in [6.45, 7) is 3.55. The number of nitrogens with one attached hydrogen (secondary N) is 1. The molecule has 34 heavy (non-hydrogen) atoms. The standard InChI is InChI=1S/C27H28Cl2N2O3/c28-24-7-4-8-25(29)26(24)34-18-17-33-23-11-9-21(10-12-23)27(32)30-22-13-15-31(16-14-22)19-20-5-2-1-3-6-20/h1-12,22H,13-19H2,(H,30,32). The number of hydrogen-bond donors (Lipinski definition) is 1. The second-order valence-electron chi connectivity index (χ2n) is 8.28. The Balaban J connectivity index is 1.18. The third kappa shape index (κ3) is 6.89. The summed E-state index contributed by atoms with van der Waals surface area (Å²) < 4.78 is 11.3. The van der Waals surface area contributed by atoms with Crippen molar-refractivity contribution in [2.45, 2.75) is 25.4 Å². The van der Waals surface area contributed by atoms with Crippen LogP contribution in [0, 0.1) is 0 Å². The van der Waals surface area contributed by atoms with Gasteiger partial charge in [0, 0.05) is 31.2 Å². The summed E-state index contributed by atoms with van der Waals surface area (Å²) in [5.41, 5.74) is 1.95. The zero-order valence-corrected chi connectivity index (χ0v) is 20.4. The number of likely N-dealkylation sites (tertiary alicyclic amines) is 1. The Labute approximate surface area is 210 Å². The zero-order valence-electron chi connectivity index (χ0n) is 18.9. The van der Waals surface area contributed by atoms with Crippen LogP contribution in [-0.2, 0) is 6.54 Å². The Morgan fingerprint density at radius 2 is 1.50 bits per heavy atom. The number of nitrogens with zero attached hydrogens (tertiary/aromatic N) is 1. The molecule has 1 fully saturated rings. The maximum absolute atomic E-state index is 12.7. The first-order valence-corrected chi connectivity index (χ1v) is 12.2. The van der Waals surface area contributed by atoms with Gasteiger partial charge in [-0.05, 0) is 54.8 Å².